The molecule has 3 N–H and O–H groups in total. The molecular formula is C13H16N4O2. The number of nitrogens with one attached hydrogen (secondary N) is 1. The van der Waals surface area contributed by atoms with Gasteiger partial charge in [-0.2, -0.15) is 5.26 Å². The molecule has 0 bridgehead atoms. The molecule has 6 heteroatoms. The van der Waals surface area contributed by atoms with E-state index in [2.05, 4.69) is 21.1 Å². The number of hydrogen-bond acceptors (Lipinski definition) is 6. The third-order valence-electron chi connectivity index (χ3n) is 3.36. The van der Waals surface area contributed by atoms with Crippen LogP contribution in [0.25, 0.3) is 0 Å². The van der Waals surface area contributed by atoms with Crippen molar-refractivity contribution in [1.29, 1.82) is 5.26 Å². The molecule has 1 aliphatic carbocycles. The van der Waals surface area contributed by atoms with Crippen LogP contribution in [0.4, 0.5) is 11.5 Å². The Bertz CT molecular complexity index is 532. The minimum Gasteiger partial charge on any atom is -0.464 e. The van der Waals surface area contributed by atoms with Gasteiger partial charge in [0.15, 0.2) is 5.69 Å². The summed E-state index contributed by atoms with van der Waals surface area (Å²) in [5, 5.41) is 11.9. The third-order valence-corrected chi connectivity index (χ3v) is 3.36. The maximum atomic E-state index is 11.4. The van der Waals surface area contributed by atoms with Gasteiger partial charge in [0, 0.05) is 18.4 Å². The number of pyridine rings is 1. The topological polar surface area (TPSA) is 101 Å². The van der Waals surface area contributed by atoms with Gasteiger partial charge in [0.25, 0.3) is 0 Å². The van der Waals surface area contributed by atoms with Crippen molar-refractivity contribution in [3.63, 3.8) is 0 Å². The Kier molecular flexibility index (Phi) is 3.56. The van der Waals surface area contributed by atoms with Crippen molar-refractivity contribution >= 4 is 17.5 Å². The maximum absolute atomic E-state index is 11.4. The lowest BCUT2D eigenvalue weighted by Crippen LogP contribution is -2.17. The number of nitrogens with zero attached hydrogens (tertiary/aromatic N) is 2. The van der Waals surface area contributed by atoms with E-state index in [1.807, 2.05) is 0 Å². The average molecular weight is 260 g/mol. The Hall–Kier alpha value is -2.29. The molecule has 0 radical (unpaired) electrons. The lowest BCUT2D eigenvalue weighted by molar-refractivity contribution is 0.0594. The van der Waals surface area contributed by atoms with E-state index >= 15 is 0 Å². The second kappa shape index (κ2) is 5.14. The normalized spacial score (nSPS) is 15.4. The fourth-order valence-electron chi connectivity index (χ4n) is 1.86. The number of ether oxygens (including phenoxy) is 1. The molecule has 1 aromatic rings. The first kappa shape index (κ1) is 13.1. The van der Waals surface area contributed by atoms with Crippen molar-refractivity contribution in [3.05, 3.63) is 17.8 Å². The second-order valence-corrected chi connectivity index (χ2v) is 4.81. The molecule has 0 spiro atoms. The van der Waals surface area contributed by atoms with Crippen LogP contribution in [0.3, 0.4) is 0 Å². The summed E-state index contributed by atoms with van der Waals surface area (Å²) in [6.45, 7) is 0.641. The first-order valence-corrected chi connectivity index (χ1v) is 6.06. The van der Waals surface area contributed by atoms with Crippen molar-refractivity contribution < 1.29 is 9.53 Å². The van der Waals surface area contributed by atoms with Crippen molar-refractivity contribution in [1.82, 2.24) is 4.98 Å². The molecule has 1 saturated carbocycles. The number of methoxy groups -OCH3 is 1. The van der Waals surface area contributed by atoms with Crippen LogP contribution in [-0.2, 0) is 4.74 Å². The second-order valence-electron chi connectivity index (χ2n) is 4.81. The quantitative estimate of drug-likeness (QED) is 0.779. The highest BCUT2D eigenvalue weighted by atomic mass is 16.5. The summed E-state index contributed by atoms with van der Waals surface area (Å²) in [7, 11) is 1.31. The summed E-state index contributed by atoms with van der Waals surface area (Å²) < 4.78 is 4.61. The number of nitrogen functional groups attached to an aromatic ring is 1. The smallest absolute Gasteiger partial charge is 0.356 e. The van der Waals surface area contributed by atoms with Crippen LogP contribution in [0, 0.1) is 16.7 Å². The largest absolute Gasteiger partial charge is 0.464 e. The summed E-state index contributed by atoms with van der Waals surface area (Å²) in [5.41, 5.74) is 6.54. The van der Waals surface area contributed by atoms with E-state index in [9.17, 15) is 4.79 Å². The number of carbonyl (C=O) groups is 1. The van der Waals surface area contributed by atoms with Crippen LogP contribution < -0.4 is 11.1 Å². The maximum Gasteiger partial charge on any atom is 0.356 e. The number of rotatable bonds is 5. The van der Waals surface area contributed by atoms with Crippen LogP contribution in [0.5, 0.6) is 0 Å². The molecule has 0 saturated heterocycles. The molecule has 0 aromatic carbocycles. The van der Waals surface area contributed by atoms with Crippen molar-refractivity contribution in [2.45, 2.75) is 19.3 Å². The molecule has 1 fully saturated rings. The van der Waals surface area contributed by atoms with Gasteiger partial charge in [-0.05, 0) is 25.0 Å². The third kappa shape index (κ3) is 2.94. The van der Waals surface area contributed by atoms with Crippen LogP contribution >= 0.6 is 0 Å². The van der Waals surface area contributed by atoms with Gasteiger partial charge < -0.3 is 15.8 Å². The molecule has 0 unspecified atom stereocenters. The van der Waals surface area contributed by atoms with E-state index in [1.165, 1.54) is 13.2 Å². The number of hydrogen-bond donors (Lipinski definition) is 2. The lowest BCUT2D eigenvalue weighted by atomic mass is 10.0. The first-order chi connectivity index (χ1) is 9.10. The van der Waals surface area contributed by atoms with E-state index in [-0.39, 0.29) is 11.1 Å². The molecule has 6 nitrogen and oxygen atoms in total. The summed E-state index contributed by atoms with van der Waals surface area (Å²) in [6.07, 6.45) is 2.59. The zero-order chi connectivity index (χ0) is 13.9. The monoisotopic (exact) mass is 260 g/mol. The van der Waals surface area contributed by atoms with Gasteiger partial charge in [-0.15, -0.1) is 0 Å². The molecule has 1 aliphatic rings. The molecule has 0 atom stereocenters. The summed E-state index contributed by atoms with van der Waals surface area (Å²) in [6, 6.07) is 5.33. The Morgan fingerprint density at radius 2 is 2.37 bits per heavy atom. The Morgan fingerprint density at radius 1 is 1.63 bits per heavy atom. The van der Waals surface area contributed by atoms with Gasteiger partial charge in [-0.1, -0.05) is 0 Å². The van der Waals surface area contributed by atoms with Gasteiger partial charge in [0.2, 0.25) is 0 Å². The molecule has 1 heterocycles. The highest BCUT2D eigenvalue weighted by Gasteiger charge is 2.42. The molecule has 0 aliphatic heterocycles. The lowest BCUT2D eigenvalue weighted by Gasteiger charge is -2.14. The highest BCUT2D eigenvalue weighted by Crippen LogP contribution is 2.48. The standard InChI is InChI=1S/C13H16N4O2/c1-19-12(18)10-3-2-9(15)11(17-10)16-8-13(4-5-13)6-7-14/h2-3H,4-6,8,15H2,1H3,(H,16,17). The van der Waals surface area contributed by atoms with E-state index in [4.69, 9.17) is 11.0 Å². The predicted molar refractivity (Wildman–Crippen MR) is 70.4 cm³/mol. The van der Waals surface area contributed by atoms with Gasteiger partial charge in [0.05, 0.1) is 18.9 Å². The number of esters is 1. The van der Waals surface area contributed by atoms with Crippen molar-refractivity contribution in [2.24, 2.45) is 5.41 Å². The molecule has 1 aromatic heterocycles. The predicted octanol–water partition coefficient (Wildman–Crippen LogP) is 1.56. The fourth-order valence-corrected chi connectivity index (χ4v) is 1.86. The van der Waals surface area contributed by atoms with Crippen LogP contribution in [-0.4, -0.2) is 24.6 Å². The molecule has 19 heavy (non-hydrogen) atoms. The minimum atomic E-state index is -0.499. The number of carbonyl (C=O) groups excluding carboxylic acids is 1. The first-order valence-electron chi connectivity index (χ1n) is 6.06. The number of nitriles is 1. The number of anilines is 2. The van der Waals surface area contributed by atoms with Gasteiger partial charge in [-0.3, -0.25) is 0 Å². The highest BCUT2D eigenvalue weighted by molar-refractivity contribution is 5.88. The van der Waals surface area contributed by atoms with E-state index in [0.29, 0.717) is 24.5 Å². The van der Waals surface area contributed by atoms with E-state index in [1.54, 1.807) is 6.07 Å². The van der Waals surface area contributed by atoms with Crippen LogP contribution in [0.1, 0.15) is 29.8 Å². The number of nitrogens with two attached hydrogens (primary N) is 1. The molecule has 0 amide bonds. The minimum absolute atomic E-state index is 0.0458. The Morgan fingerprint density at radius 3 is 2.95 bits per heavy atom. The van der Waals surface area contributed by atoms with E-state index in [0.717, 1.165) is 12.8 Å². The van der Waals surface area contributed by atoms with E-state index < -0.39 is 5.97 Å². The fraction of sp³-hybridized carbons (Fsp3) is 0.462. The van der Waals surface area contributed by atoms with Gasteiger partial charge in [0.1, 0.15) is 5.82 Å². The van der Waals surface area contributed by atoms with Crippen LogP contribution in [0.2, 0.25) is 0 Å². The summed E-state index contributed by atoms with van der Waals surface area (Å²) >= 11 is 0. The SMILES string of the molecule is COC(=O)c1ccc(N)c(NCC2(CC#N)CC2)n1. The molecular weight excluding hydrogens is 244 g/mol. The van der Waals surface area contributed by atoms with Crippen molar-refractivity contribution in [3.8, 4) is 6.07 Å². The average Bonchev–Trinajstić information content (AvgIpc) is 3.17. The van der Waals surface area contributed by atoms with Gasteiger partial charge in [-0.25, -0.2) is 9.78 Å². The number of aromatic nitrogens is 1. The van der Waals surface area contributed by atoms with Crippen LogP contribution in [0.15, 0.2) is 12.1 Å². The zero-order valence-electron chi connectivity index (χ0n) is 10.8. The Balaban J connectivity index is 2.07. The summed E-state index contributed by atoms with van der Waals surface area (Å²) in [5.74, 6) is -0.0340. The molecule has 100 valence electrons. The summed E-state index contributed by atoms with van der Waals surface area (Å²) in [4.78, 5) is 15.5. The van der Waals surface area contributed by atoms with Gasteiger partial charge >= 0.3 is 5.97 Å². The Labute approximate surface area is 111 Å². The zero-order valence-corrected chi connectivity index (χ0v) is 10.8. The molecule has 2 rings (SSSR count). The van der Waals surface area contributed by atoms with Crippen molar-refractivity contribution in [2.75, 3.05) is 24.7 Å².